The summed E-state index contributed by atoms with van der Waals surface area (Å²) >= 11 is 0.672. The van der Waals surface area contributed by atoms with Crippen LogP contribution in [0.3, 0.4) is 0 Å². The minimum absolute atomic E-state index is 0.0823. The summed E-state index contributed by atoms with van der Waals surface area (Å²) in [5.74, 6) is 1.28. The fourth-order valence-electron chi connectivity index (χ4n) is 4.99. The lowest BCUT2D eigenvalue weighted by atomic mass is 10.1. The van der Waals surface area contributed by atoms with Gasteiger partial charge in [-0.3, -0.25) is 4.55 Å². The molecule has 58 heavy (non-hydrogen) atoms. The summed E-state index contributed by atoms with van der Waals surface area (Å²) in [4.78, 5) is 30.4. The summed E-state index contributed by atoms with van der Waals surface area (Å²) in [6.45, 7) is 3.03. The van der Waals surface area contributed by atoms with Crippen LogP contribution in [-0.4, -0.2) is 149 Å². The van der Waals surface area contributed by atoms with Gasteiger partial charge in [-0.15, -0.1) is 4.33 Å². The third-order valence-electron chi connectivity index (χ3n) is 7.61. The number of aliphatic hydroxyl groups excluding tert-OH is 2. The molecule has 0 spiro atoms. The van der Waals surface area contributed by atoms with Crippen LogP contribution in [0, 0.1) is 0 Å². The molecule has 0 unspecified atom stereocenters. The van der Waals surface area contributed by atoms with Gasteiger partial charge in [0.25, 0.3) is 10.1 Å². The number of nitrogens with one attached hydrogen (secondary N) is 6. The van der Waals surface area contributed by atoms with Gasteiger partial charge in [-0.2, -0.15) is 38.3 Å². The zero-order chi connectivity index (χ0) is 41.9. The predicted octanol–water partition coefficient (Wildman–Crippen LogP) is 2.92. The Bertz CT molecular complexity index is 2050. The lowest BCUT2D eigenvalue weighted by Gasteiger charge is -2.13. The molecule has 0 atom stereocenters. The molecule has 0 aliphatic heterocycles. The van der Waals surface area contributed by atoms with Crippen LogP contribution in [0.2, 0.25) is 0 Å². The van der Waals surface area contributed by atoms with Gasteiger partial charge in [0.1, 0.15) is 4.90 Å². The van der Waals surface area contributed by atoms with Crippen LogP contribution in [0.5, 0.6) is 0 Å². The van der Waals surface area contributed by atoms with E-state index in [2.05, 4.69) is 71.7 Å². The number of anilines is 8. The van der Waals surface area contributed by atoms with Crippen LogP contribution in [-0.2, 0) is 19.5 Å². The molecule has 0 saturated carbocycles. The largest absolute Gasteiger partial charge is 0.395 e. The fraction of sp³-hybridized carbons (Fsp3) is 0.412. The van der Waals surface area contributed by atoms with E-state index in [9.17, 15) is 23.2 Å². The van der Waals surface area contributed by atoms with Gasteiger partial charge in [-0.1, -0.05) is 29.3 Å². The van der Waals surface area contributed by atoms with E-state index < -0.39 is 15.0 Å². The summed E-state index contributed by atoms with van der Waals surface area (Å²) in [5, 5.41) is 49.5. The quantitative estimate of drug-likeness (QED) is 0.0109. The first-order valence-electron chi connectivity index (χ1n) is 18.0. The van der Waals surface area contributed by atoms with E-state index in [1.165, 1.54) is 18.2 Å². The highest BCUT2D eigenvalue weighted by Crippen LogP contribution is 2.31. The van der Waals surface area contributed by atoms with E-state index in [0.29, 0.717) is 47.2 Å². The van der Waals surface area contributed by atoms with Crippen LogP contribution in [0.4, 0.5) is 47.1 Å². The molecule has 0 aliphatic carbocycles. The molecule has 0 bridgehead atoms. The fourth-order valence-corrected chi connectivity index (χ4v) is 6.21. The Balaban J connectivity index is 1.58. The summed E-state index contributed by atoms with van der Waals surface area (Å²) in [7, 11) is 3.18. The van der Waals surface area contributed by atoms with Crippen molar-refractivity contribution in [3.63, 3.8) is 0 Å². The Labute approximate surface area is 340 Å². The van der Waals surface area contributed by atoms with Crippen molar-refractivity contribution >= 4 is 81.4 Å². The summed E-state index contributed by atoms with van der Waals surface area (Å²) in [6, 6.07) is 9.35. The Hall–Kier alpha value is -5.02. The number of rotatable bonds is 26. The average Bonchev–Trinajstić information content (AvgIpc) is 3.18. The van der Waals surface area contributed by atoms with Gasteiger partial charge < -0.3 is 51.9 Å². The molecule has 24 heteroatoms. The van der Waals surface area contributed by atoms with Gasteiger partial charge in [0, 0.05) is 42.4 Å². The number of aliphatic hydroxyl groups is 2. The Morgan fingerprint density at radius 3 is 1.53 bits per heavy atom. The standard InChI is InChI=1S/C34H50N14O8S2/c1-47(2)17-5-13-35-29-41-31(37-15-19-49)45-33(43-29)39-25-11-9-23(27(21-25)57-56-55-51)7-8-24-10-12-26(22-28(24)58(52,53)54)40-34-44-30(36-14-6-18-48(3)4)42-32(46-34)38-16-20-50/h7-12,21-22,49-51H,5-6,13-20H2,1-4H3,(H,52,53,54)(H3,35,37,39,41,43,45)(H3,36,38,40,42,44,46). The Morgan fingerprint density at radius 1 is 0.655 bits per heavy atom. The monoisotopic (exact) mass is 846 g/mol. The second kappa shape index (κ2) is 23.4. The molecule has 4 aromatic rings. The highest BCUT2D eigenvalue weighted by molar-refractivity contribution is 7.94. The molecule has 22 nitrogen and oxygen atoms in total. The van der Waals surface area contributed by atoms with Crippen molar-refractivity contribution in [3.05, 3.63) is 47.5 Å². The smallest absolute Gasteiger partial charge is 0.295 e. The van der Waals surface area contributed by atoms with Crippen molar-refractivity contribution in [2.24, 2.45) is 0 Å². The molecule has 4 rings (SSSR count). The second-order valence-electron chi connectivity index (χ2n) is 12.9. The average molecular weight is 847 g/mol. The molecule has 0 radical (unpaired) electrons. The van der Waals surface area contributed by atoms with Gasteiger partial charge in [-0.25, -0.2) is 5.26 Å². The SMILES string of the molecule is CN(C)CCCNc1nc(NCCO)nc(Nc2ccc(C=Cc3ccc(Nc4nc(NCCO)nc(NCCCN(C)C)n4)cc3S(=O)(=O)O)c(SOOO)c2)n1. The topological polar surface area (TPSA) is 290 Å². The Kier molecular flexibility index (Phi) is 18.4. The first-order valence-corrected chi connectivity index (χ1v) is 20.2. The highest BCUT2D eigenvalue weighted by atomic mass is 32.2. The zero-order valence-corrected chi connectivity index (χ0v) is 34.1. The van der Waals surface area contributed by atoms with E-state index in [1.807, 2.05) is 33.1 Å². The zero-order valence-electron chi connectivity index (χ0n) is 32.5. The molecule has 0 fully saturated rings. The van der Waals surface area contributed by atoms with Crippen LogP contribution in [0.1, 0.15) is 24.0 Å². The van der Waals surface area contributed by atoms with Gasteiger partial charge in [0.05, 0.1) is 25.3 Å². The third-order valence-corrected chi connectivity index (χ3v) is 9.18. The number of hydrogen-bond donors (Lipinski definition) is 10. The van der Waals surface area contributed by atoms with E-state index >= 15 is 0 Å². The highest BCUT2D eigenvalue weighted by Gasteiger charge is 2.17. The molecule has 0 saturated heterocycles. The normalized spacial score (nSPS) is 11.7. The maximum absolute atomic E-state index is 12.6. The van der Waals surface area contributed by atoms with Crippen molar-refractivity contribution in [2.45, 2.75) is 22.6 Å². The first-order chi connectivity index (χ1) is 27.9. The molecule has 0 amide bonds. The summed E-state index contributed by atoms with van der Waals surface area (Å²) in [5.41, 5.74) is 1.42. The maximum atomic E-state index is 12.6. The summed E-state index contributed by atoms with van der Waals surface area (Å²) < 4.78 is 40.2. The second-order valence-corrected chi connectivity index (χ2v) is 15.0. The first kappa shape index (κ1) is 45.7. The van der Waals surface area contributed by atoms with Crippen molar-refractivity contribution in [1.82, 2.24) is 39.7 Å². The van der Waals surface area contributed by atoms with E-state index in [0.717, 1.165) is 25.9 Å². The third kappa shape index (κ3) is 15.7. The Morgan fingerprint density at radius 2 is 1.09 bits per heavy atom. The molecule has 0 aliphatic rings. The maximum Gasteiger partial charge on any atom is 0.295 e. The van der Waals surface area contributed by atoms with Crippen LogP contribution in [0.15, 0.2) is 46.2 Å². The van der Waals surface area contributed by atoms with E-state index in [4.69, 9.17) is 9.59 Å². The minimum Gasteiger partial charge on any atom is -0.395 e. The lowest BCUT2D eigenvalue weighted by Crippen LogP contribution is -2.18. The van der Waals surface area contributed by atoms with E-state index in [1.54, 1.807) is 30.3 Å². The van der Waals surface area contributed by atoms with Crippen LogP contribution in [0.25, 0.3) is 12.2 Å². The molecule has 2 heterocycles. The summed E-state index contributed by atoms with van der Waals surface area (Å²) in [6.07, 6.45) is 4.73. The predicted molar refractivity (Wildman–Crippen MR) is 223 cm³/mol. The van der Waals surface area contributed by atoms with Crippen LogP contribution >= 0.6 is 12.0 Å². The molecular formula is C34H50N14O8S2. The van der Waals surface area contributed by atoms with Gasteiger partial charge >= 0.3 is 0 Å². The molecule has 10 N–H and O–H groups in total. The van der Waals surface area contributed by atoms with Crippen molar-refractivity contribution in [2.75, 3.05) is 113 Å². The van der Waals surface area contributed by atoms with Crippen LogP contribution < -0.4 is 31.9 Å². The van der Waals surface area contributed by atoms with Crippen molar-refractivity contribution in [3.8, 4) is 0 Å². The lowest BCUT2D eigenvalue weighted by molar-refractivity contribution is -0.432. The van der Waals surface area contributed by atoms with Gasteiger partial charge in [0.15, 0.2) is 0 Å². The number of nitrogens with zero attached hydrogens (tertiary/aromatic N) is 8. The molecule has 2 aromatic heterocycles. The van der Waals surface area contributed by atoms with E-state index in [-0.39, 0.29) is 67.3 Å². The van der Waals surface area contributed by atoms with Gasteiger partial charge in [0.2, 0.25) is 35.7 Å². The van der Waals surface area contributed by atoms with Crippen molar-refractivity contribution < 1.29 is 37.8 Å². The molecular weight excluding hydrogens is 797 g/mol. The molecule has 2 aromatic carbocycles. The minimum atomic E-state index is -4.73. The molecule has 316 valence electrons. The number of aromatic nitrogens is 6. The number of benzene rings is 2. The van der Waals surface area contributed by atoms with Gasteiger partial charge in [-0.05, 0) is 89.5 Å². The van der Waals surface area contributed by atoms with Crippen molar-refractivity contribution in [1.29, 1.82) is 0 Å². The number of hydrogen-bond acceptors (Lipinski definition) is 22.